The van der Waals surface area contributed by atoms with Crippen molar-refractivity contribution in [1.82, 2.24) is 5.32 Å². The summed E-state index contributed by atoms with van der Waals surface area (Å²) in [6, 6.07) is 8.90. The Hall–Kier alpha value is -3.13. The number of hydrogen-bond donors (Lipinski definition) is 1. The molecule has 8 heteroatoms. The summed E-state index contributed by atoms with van der Waals surface area (Å²) in [5, 5.41) is 14.4. The minimum absolute atomic E-state index is 0.0279. The molecule has 2 aromatic carbocycles. The molecule has 0 aliphatic carbocycles. The van der Waals surface area contributed by atoms with Crippen LogP contribution in [-0.2, 0) is 24.3 Å². The van der Waals surface area contributed by atoms with Crippen molar-refractivity contribution in [2.75, 3.05) is 18.2 Å². The lowest BCUT2D eigenvalue weighted by atomic mass is 9.95. The van der Waals surface area contributed by atoms with E-state index in [4.69, 9.17) is 9.47 Å². The number of carbonyl (C=O) groups excluding carboxylic acids is 1. The minimum Gasteiger partial charge on any atom is -0.467 e. The molecule has 2 aliphatic heterocycles. The summed E-state index contributed by atoms with van der Waals surface area (Å²) in [4.78, 5) is 25.8. The molecule has 0 saturated heterocycles. The largest absolute Gasteiger partial charge is 0.467 e. The highest BCUT2D eigenvalue weighted by atomic mass is 16.7. The minimum atomic E-state index is -0.392. The maximum absolute atomic E-state index is 12.7. The van der Waals surface area contributed by atoms with E-state index in [-0.39, 0.29) is 24.4 Å². The summed E-state index contributed by atoms with van der Waals surface area (Å²) < 4.78 is 11.0. The molecule has 0 atom stereocenters. The highest BCUT2D eigenvalue weighted by molar-refractivity contribution is 5.97. The molecule has 158 valence electrons. The normalized spacial score (nSPS) is 15.2. The van der Waals surface area contributed by atoms with Gasteiger partial charge in [-0.1, -0.05) is 6.07 Å². The first-order valence-corrected chi connectivity index (χ1v) is 10.1. The molecular formula is C22H25N3O5. The second-order valence-electron chi connectivity index (χ2n) is 7.92. The van der Waals surface area contributed by atoms with Gasteiger partial charge in [-0.2, -0.15) is 0 Å². The first kappa shape index (κ1) is 20.2. The van der Waals surface area contributed by atoms with Crippen LogP contribution in [0.5, 0.6) is 5.75 Å². The van der Waals surface area contributed by atoms with E-state index in [0.29, 0.717) is 30.0 Å². The highest BCUT2D eigenvalue weighted by Gasteiger charge is 2.26. The van der Waals surface area contributed by atoms with Gasteiger partial charge in [-0.3, -0.25) is 14.9 Å². The molecule has 8 nitrogen and oxygen atoms in total. The maximum Gasteiger partial charge on any atom is 0.270 e. The Bertz CT molecular complexity index is 989. The van der Waals surface area contributed by atoms with Gasteiger partial charge in [-0.05, 0) is 44.4 Å². The predicted octanol–water partition coefficient (Wildman–Crippen LogP) is 3.55. The smallest absolute Gasteiger partial charge is 0.270 e. The van der Waals surface area contributed by atoms with E-state index in [0.717, 1.165) is 36.2 Å². The van der Waals surface area contributed by atoms with Crippen molar-refractivity contribution in [3.8, 4) is 5.75 Å². The van der Waals surface area contributed by atoms with Gasteiger partial charge in [0, 0.05) is 53.6 Å². The van der Waals surface area contributed by atoms with Crippen LogP contribution in [0, 0.1) is 10.1 Å². The molecule has 2 heterocycles. The van der Waals surface area contributed by atoms with Crippen molar-refractivity contribution in [3.63, 3.8) is 0 Å². The van der Waals surface area contributed by atoms with Gasteiger partial charge in [0.2, 0.25) is 0 Å². The summed E-state index contributed by atoms with van der Waals surface area (Å²) in [7, 11) is 0. The number of ether oxygens (including phenoxy) is 2. The second-order valence-corrected chi connectivity index (χ2v) is 7.92. The van der Waals surface area contributed by atoms with E-state index in [1.54, 1.807) is 6.07 Å². The molecular weight excluding hydrogens is 386 g/mol. The number of carbonyl (C=O) groups is 1. The number of nitro benzene ring substituents is 1. The number of amides is 1. The van der Waals surface area contributed by atoms with Crippen LogP contribution < -0.4 is 15.0 Å². The SMILES string of the molecule is CC(C)NC(=O)c1cccc2c1CCCN2Cc1cc([N+](=O)[O-])cc2c1OCOC2. The lowest BCUT2D eigenvalue weighted by Crippen LogP contribution is -2.34. The van der Waals surface area contributed by atoms with E-state index < -0.39 is 4.92 Å². The molecule has 0 unspecified atom stereocenters. The fraction of sp³-hybridized carbons (Fsp3) is 0.409. The molecule has 2 aromatic rings. The standard InChI is InChI=1S/C22H25N3O5/c1-14(2)23-22(26)19-5-3-7-20-18(19)6-4-8-24(20)11-15-9-17(25(27)28)10-16-12-29-13-30-21(15)16/h3,5,7,9-10,14H,4,6,8,11-13H2,1-2H3,(H,23,26). The van der Waals surface area contributed by atoms with Crippen molar-refractivity contribution in [2.24, 2.45) is 0 Å². The number of non-ortho nitro benzene ring substituents is 1. The van der Waals surface area contributed by atoms with Gasteiger partial charge in [0.05, 0.1) is 11.5 Å². The van der Waals surface area contributed by atoms with Gasteiger partial charge >= 0.3 is 0 Å². The molecule has 1 amide bonds. The van der Waals surface area contributed by atoms with Crippen molar-refractivity contribution < 1.29 is 19.2 Å². The lowest BCUT2D eigenvalue weighted by Gasteiger charge is -2.33. The predicted molar refractivity (Wildman–Crippen MR) is 112 cm³/mol. The first-order valence-electron chi connectivity index (χ1n) is 10.1. The number of nitrogens with zero attached hydrogens (tertiary/aromatic N) is 2. The van der Waals surface area contributed by atoms with Gasteiger partial charge in [0.25, 0.3) is 11.6 Å². The van der Waals surface area contributed by atoms with Crippen LogP contribution >= 0.6 is 0 Å². The maximum atomic E-state index is 12.7. The van der Waals surface area contributed by atoms with Crippen LogP contribution in [0.25, 0.3) is 0 Å². The number of nitro groups is 1. The molecule has 4 rings (SSSR count). The van der Waals surface area contributed by atoms with Gasteiger partial charge in [0.1, 0.15) is 5.75 Å². The van der Waals surface area contributed by atoms with Crippen LogP contribution in [-0.4, -0.2) is 30.2 Å². The topological polar surface area (TPSA) is 93.9 Å². The highest BCUT2D eigenvalue weighted by Crippen LogP contribution is 2.36. The zero-order chi connectivity index (χ0) is 21.3. The van der Waals surface area contributed by atoms with Crippen molar-refractivity contribution in [3.05, 3.63) is 62.7 Å². The molecule has 30 heavy (non-hydrogen) atoms. The monoisotopic (exact) mass is 411 g/mol. The average molecular weight is 411 g/mol. The van der Waals surface area contributed by atoms with E-state index >= 15 is 0 Å². The van der Waals surface area contributed by atoms with E-state index in [2.05, 4.69) is 10.2 Å². The van der Waals surface area contributed by atoms with E-state index in [1.165, 1.54) is 6.07 Å². The summed E-state index contributed by atoms with van der Waals surface area (Å²) in [5.41, 5.74) is 4.17. The summed E-state index contributed by atoms with van der Waals surface area (Å²) in [5.74, 6) is 0.588. The van der Waals surface area contributed by atoms with Gasteiger partial charge in [-0.25, -0.2) is 0 Å². The molecule has 0 fully saturated rings. The molecule has 0 bridgehead atoms. The van der Waals surface area contributed by atoms with Gasteiger partial charge in [-0.15, -0.1) is 0 Å². The van der Waals surface area contributed by atoms with Crippen molar-refractivity contribution in [1.29, 1.82) is 0 Å². The Morgan fingerprint density at radius 1 is 1.33 bits per heavy atom. The number of hydrogen-bond acceptors (Lipinski definition) is 6. The summed E-state index contributed by atoms with van der Waals surface area (Å²) in [6.45, 7) is 5.57. The first-order chi connectivity index (χ1) is 14.4. The van der Waals surface area contributed by atoms with E-state index in [1.807, 2.05) is 32.0 Å². The van der Waals surface area contributed by atoms with E-state index in [9.17, 15) is 14.9 Å². The third kappa shape index (κ3) is 3.95. The van der Waals surface area contributed by atoms with Crippen LogP contribution in [0.1, 0.15) is 47.3 Å². The zero-order valence-electron chi connectivity index (χ0n) is 17.1. The third-order valence-electron chi connectivity index (χ3n) is 5.35. The Kier molecular flexibility index (Phi) is 5.59. The average Bonchev–Trinajstić information content (AvgIpc) is 2.73. The number of nitrogens with one attached hydrogen (secondary N) is 1. The zero-order valence-corrected chi connectivity index (χ0v) is 17.1. The number of fused-ring (bicyclic) bond motifs is 2. The third-order valence-corrected chi connectivity index (χ3v) is 5.35. The molecule has 0 spiro atoms. The van der Waals surface area contributed by atoms with Crippen molar-refractivity contribution in [2.45, 2.75) is 45.9 Å². The molecule has 0 saturated carbocycles. The van der Waals surface area contributed by atoms with Crippen LogP contribution in [0.15, 0.2) is 30.3 Å². The molecule has 2 aliphatic rings. The fourth-order valence-corrected chi connectivity index (χ4v) is 4.13. The Morgan fingerprint density at radius 3 is 2.93 bits per heavy atom. The van der Waals surface area contributed by atoms with Gasteiger partial charge < -0.3 is 19.7 Å². The quantitative estimate of drug-likeness (QED) is 0.597. The van der Waals surface area contributed by atoms with Crippen LogP contribution in [0.4, 0.5) is 11.4 Å². The fourth-order valence-electron chi connectivity index (χ4n) is 4.13. The summed E-state index contributed by atoms with van der Waals surface area (Å²) in [6.07, 6.45) is 1.73. The summed E-state index contributed by atoms with van der Waals surface area (Å²) >= 11 is 0. The van der Waals surface area contributed by atoms with Crippen LogP contribution in [0.3, 0.4) is 0 Å². The number of rotatable bonds is 5. The molecule has 0 radical (unpaired) electrons. The lowest BCUT2D eigenvalue weighted by molar-refractivity contribution is -0.385. The Labute approximate surface area is 174 Å². The van der Waals surface area contributed by atoms with Crippen molar-refractivity contribution >= 4 is 17.3 Å². The Balaban J connectivity index is 1.69. The Morgan fingerprint density at radius 2 is 2.17 bits per heavy atom. The second kappa shape index (κ2) is 8.31. The number of anilines is 1. The molecule has 0 aromatic heterocycles. The van der Waals surface area contributed by atoms with Crippen LogP contribution in [0.2, 0.25) is 0 Å². The molecule has 1 N–H and O–H groups in total. The number of benzene rings is 2. The van der Waals surface area contributed by atoms with Gasteiger partial charge in [0.15, 0.2) is 6.79 Å².